The van der Waals surface area contributed by atoms with E-state index >= 15 is 0 Å². The fraction of sp³-hybridized carbons (Fsp3) is 0.750. The SMILES string of the molecule is Cn1nnnc1SC1CCCC1C(=O)O. The van der Waals surface area contributed by atoms with E-state index in [1.54, 1.807) is 11.7 Å². The molecule has 0 bridgehead atoms. The van der Waals surface area contributed by atoms with Crippen molar-refractivity contribution in [2.24, 2.45) is 13.0 Å². The van der Waals surface area contributed by atoms with Crippen LogP contribution in [0.4, 0.5) is 0 Å². The van der Waals surface area contributed by atoms with E-state index in [4.69, 9.17) is 5.11 Å². The van der Waals surface area contributed by atoms with E-state index < -0.39 is 5.97 Å². The van der Waals surface area contributed by atoms with Crippen molar-refractivity contribution in [3.8, 4) is 0 Å². The van der Waals surface area contributed by atoms with Gasteiger partial charge in [-0.2, -0.15) is 0 Å². The molecule has 1 N–H and O–H groups in total. The van der Waals surface area contributed by atoms with Gasteiger partial charge in [-0.15, -0.1) is 5.10 Å². The van der Waals surface area contributed by atoms with Crippen LogP contribution in [-0.4, -0.2) is 36.5 Å². The maximum Gasteiger partial charge on any atom is 0.307 e. The summed E-state index contributed by atoms with van der Waals surface area (Å²) >= 11 is 1.47. The van der Waals surface area contributed by atoms with Crippen molar-refractivity contribution in [1.29, 1.82) is 0 Å². The number of aryl methyl sites for hydroxylation is 1. The topological polar surface area (TPSA) is 80.9 Å². The normalized spacial score (nSPS) is 25.7. The minimum atomic E-state index is -0.708. The predicted molar refractivity (Wildman–Crippen MR) is 53.4 cm³/mol. The molecule has 1 saturated carbocycles. The van der Waals surface area contributed by atoms with E-state index in [1.165, 1.54) is 11.8 Å². The molecule has 1 aromatic heterocycles. The Hall–Kier alpha value is -1.11. The number of nitrogens with zero attached hydrogens (tertiary/aromatic N) is 4. The van der Waals surface area contributed by atoms with Crippen LogP contribution in [0.5, 0.6) is 0 Å². The van der Waals surface area contributed by atoms with Gasteiger partial charge in [0.25, 0.3) is 0 Å². The summed E-state index contributed by atoms with van der Waals surface area (Å²) in [5.74, 6) is -0.966. The second-order valence-electron chi connectivity index (χ2n) is 3.62. The molecule has 1 fully saturated rings. The number of tetrazole rings is 1. The van der Waals surface area contributed by atoms with Crippen molar-refractivity contribution in [2.75, 3.05) is 0 Å². The largest absolute Gasteiger partial charge is 0.481 e. The molecule has 0 aromatic carbocycles. The van der Waals surface area contributed by atoms with Gasteiger partial charge in [0.05, 0.1) is 5.92 Å². The first kappa shape index (κ1) is 10.4. The molecule has 6 nitrogen and oxygen atoms in total. The van der Waals surface area contributed by atoms with E-state index in [1.807, 2.05) is 0 Å². The number of hydrogen-bond donors (Lipinski definition) is 1. The number of carbonyl (C=O) groups is 1. The van der Waals surface area contributed by atoms with Crippen LogP contribution in [0.2, 0.25) is 0 Å². The second-order valence-corrected chi connectivity index (χ2v) is 4.82. The molecule has 1 aromatic rings. The van der Waals surface area contributed by atoms with Crippen LogP contribution in [0, 0.1) is 5.92 Å². The minimum absolute atomic E-state index is 0.104. The van der Waals surface area contributed by atoms with Crippen LogP contribution >= 0.6 is 11.8 Å². The Morgan fingerprint density at radius 1 is 1.60 bits per heavy atom. The average molecular weight is 228 g/mol. The predicted octanol–water partition coefficient (Wildman–Crippen LogP) is 0.556. The summed E-state index contributed by atoms with van der Waals surface area (Å²) in [5.41, 5.74) is 0. The molecular weight excluding hydrogens is 216 g/mol. The Morgan fingerprint density at radius 3 is 3.00 bits per heavy atom. The summed E-state index contributed by atoms with van der Waals surface area (Å²) in [7, 11) is 1.76. The summed E-state index contributed by atoms with van der Waals surface area (Å²) in [6, 6.07) is 0. The van der Waals surface area contributed by atoms with Gasteiger partial charge in [-0.05, 0) is 23.3 Å². The van der Waals surface area contributed by atoms with Crippen molar-refractivity contribution in [2.45, 2.75) is 29.7 Å². The standard InChI is InChI=1S/C8H12N4O2S/c1-12-8(9-10-11-12)15-6-4-2-3-5(6)7(13)14/h5-6H,2-4H2,1H3,(H,13,14). The van der Waals surface area contributed by atoms with Crippen LogP contribution < -0.4 is 0 Å². The van der Waals surface area contributed by atoms with Crippen LogP contribution in [0.1, 0.15) is 19.3 Å². The van der Waals surface area contributed by atoms with Gasteiger partial charge in [0, 0.05) is 12.3 Å². The van der Waals surface area contributed by atoms with E-state index in [0.29, 0.717) is 5.16 Å². The number of aromatic nitrogens is 4. The lowest BCUT2D eigenvalue weighted by Crippen LogP contribution is -2.20. The van der Waals surface area contributed by atoms with Gasteiger partial charge in [-0.25, -0.2) is 4.68 Å². The van der Waals surface area contributed by atoms with Crippen LogP contribution in [0.15, 0.2) is 5.16 Å². The molecule has 15 heavy (non-hydrogen) atoms. The summed E-state index contributed by atoms with van der Waals surface area (Å²) < 4.78 is 1.57. The third-order valence-corrected chi connectivity index (χ3v) is 4.03. The monoisotopic (exact) mass is 228 g/mol. The van der Waals surface area contributed by atoms with Crippen molar-refractivity contribution in [3.05, 3.63) is 0 Å². The van der Waals surface area contributed by atoms with Crippen molar-refractivity contribution < 1.29 is 9.90 Å². The Labute approximate surface area is 91.0 Å². The molecule has 0 amide bonds. The number of thioether (sulfide) groups is 1. The number of rotatable bonds is 3. The molecule has 1 aliphatic carbocycles. The third-order valence-electron chi connectivity index (χ3n) is 2.61. The Morgan fingerprint density at radius 2 is 2.40 bits per heavy atom. The molecule has 7 heteroatoms. The molecule has 82 valence electrons. The molecule has 2 rings (SSSR count). The maximum absolute atomic E-state index is 11.0. The van der Waals surface area contributed by atoms with E-state index in [2.05, 4.69) is 15.5 Å². The molecule has 0 spiro atoms. The molecular formula is C8H12N4O2S. The molecule has 2 atom stereocenters. The first-order valence-electron chi connectivity index (χ1n) is 4.80. The number of carboxylic acids is 1. The number of aliphatic carboxylic acids is 1. The highest BCUT2D eigenvalue weighted by Gasteiger charge is 2.34. The van der Waals surface area contributed by atoms with Crippen LogP contribution in [0.3, 0.4) is 0 Å². The van der Waals surface area contributed by atoms with E-state index in [9.17, 15) is 4.79 Å². The highest BCUT2D eigenvalue weighted by Crippen LogP contribution is 2.37. The maximum atomic E-state index is 11.0. The van der Waals surface area contributed by atoms with Gasteiger partial charge in [0.2, 0.25) is 5.16 Å². The van der Waals surface area contributed by atoms with Gasteiger partial charge in [-0.3, -0.25) is 4.79 Å². The first-order valence-corrected chi connectivity index (χ1v) is 5.68. The Bertz CT molecular complexity index is 367. The van der Waals surface area contributed by atoms with E-state index in [0.717, 1.165) is 19.3 Å². The summed E-state index contributed by atoms with van der Waals surface area (Å²) in [4.78, 5) is 11.0. The molecule has 0 aliphatic heterocycles. The second kappa shape index (κ2) is 4.18. The molecule has 2 unspecified atom stereocenters. The zero-order valence-corrected chi connectivity index (χ0v) is 9.15. The van der Waals surface area contributed by atoms with E-state index in [-0.39, 0.29) is 11.2 Å². The van der Waals surface area contributed by atoms with Crippen LogP contribution in [0.25, 0.3) is 0 Å². The smallest absolute Gasteiger partial charge is 0.307 e. The van der Waals surface area contributed by atoms with Crippen LogP contribution in [-0.2, 0) is 11.8 Å². The molecule has 1 heterocycles. The first-order chi connectivity index (χ1) is 7.18. The fourth-order valence-electron chi connectivity index (χ4n) is 1.81. The fourth-order valence-corrected chi connectivity index (χ4v) is 3.05. The lowest BCUT2D eigenvalue weighted by atomic mass is 10.1. The number of carboxylic acid groups (broad SMARTS) is 1. The number of hydrogen-bond acceptors (Lipinski definition) is 5. The molecule has 1 aliphatic rings. The van der Waals surface area contributed by atoms with Gasteiger partial charge in [0.1, 0.15) is 0 Å². The van der Waals surface area contributed by atoms with Gasteiger partial charge in [0.15, 0.2) is 0 Å². The molecule has 0 saturated heterocycles. The zero-order chi connectivity index (χ0) is 10.8. The quantitative estimate of drug-likeness (QED) is 0.814. The van der Waals surface area contributed by atoms with Crippen molar-refractivity contribution in [3.63, 3.8) is 0 Å². The zero-order valence-electron chi connectivity index (χ0n) is 8.33. The Kier molecular flexibility index (Phi) is 2.90. The highest BCUT2D eigenvalue weighted by atomic mass is 32.2. The summed E-state index contributed by atoms with van der Waals surface area (Å²) in [6.07, 6.45) is 2.66. The summed E-state index contributed by atoms with van der Waals surface area (Å²) in [5, 5.41) is 20.9. The highest BCUT2D eigenvalue weighted by molar-refractivity contribution is 7.99. The van der Waals surface area contributed by atoms with Crippen molar-refractivity contribution >= 4 is 17.7 Å². The van der Waals surface area contributed by atoms with Crippen molar-refractivity contribution in [1.82, 2.24) is 20.2 Å². The lowest BCUT2D eigenvalue weighted by Gasteiger charge is -2.13. The lowest BCUT2D eigenvalue weighted by molar-refractivity contribution is -0.141. The molecule has 0 radical (unpaired) electrons. The van der Waals surface area contributed by atoms with Gasteiger partial charge < -0.3 is 5.11 Å². The minimum Gasteiger partial charge on any atom is -0.481 e. The average Bonchev–Trinajstić information content (AvgIpc) is 2.77. The Balaban J connectivity index is 2.06. The van der Waals surface area contributed by atoms with Gasteiger partial charge in [-0.1, -0.05) is 18.2 Å². The summed E-state index contributed by atoms with van der Waals surface area (Å²) in [6.45, 7) is 0. The third kappa shape index (κ3) is 2.11. The van der Waals surface area contributed by atoms with Gasteiger partial charge >= 0.3 is 5.97 Å².